The largest absolute Gasteiger partial charge is 0.371 e. The standard InChI is InChI=1S/C21H21BrFN3O2/c22-16-2-7-19(23)15(13-16)1-8-20(27)25-17-3-5-18(6-4-17)26-11-9-14(10-12-26)21(24)28/h1-8,13-14H,9-12H2,(H2,24,28)(H,25,27)/b8-1-. The van der Waals surface area contributed by atoms with E-state index in [9.17, 15) is 14.0 Å². The lowest BCUT2D eigenvalue weighted by Gasteiger charge is -2.32. The second kappa shape index (κ2) is 9.01. The van der Waals surface area contributed by atoms with Crippen molar-refractivity contribution in [1.29, 1.82) is 0 Å². The number of carbonyl (C=O) groups is 2. The summed E-state index contributed by atoms with van der Waals surface area (Å²) in [7, 11) is 0. The lowest BCUT2D eigenvalue weighted by Crippen LogP contribution is -2.38. The summed E-state index contributed by atoms with van der Waals surface area (Å²) in [5.74, 6) is -1.00. The first-order chi connectivity index (χ1) is 13.4. The van der Waals surface area contributed by atoms with Gasteiger partial charge in [-0.1, -0.05) is 15.9 Å². The second-order valence-electron chi connectivity index (χ2n) is 6.70. The molecule has 0 bridgehead atoms. The summed E-state index contributed by atoms with van der Waals surface area (Å²) in [5.41, 5.74) is 7.39. The Bertz CT molecular complexity index is 891. The summed E-state index contributed by atoms with van der Waals surface area (Å²) in [5, 5.41) is 2.76. The van der Waals surface area contributed by atoms with Crippen LogP contribution in [0.2, 0.25) is 0 Å². The third-order valence-corrected chi connectivity index (χ3v) is 5.26. The molecule has 1 saturated heterocycles. The zero-order chi connectivity index (χ0) is 20.1. The second-order valence-corrected chi connectivity index (χ2v) is 7.61. The first kappa shape index (κ1) is 20.1. The molecule has 0 aliphatic carbocycles. The van der Waals surface area contributed by atoms with Crippen LogP contribution >= 0.6 is 15.9 Å². The summed E-state index contributed by atoms with van der Waals surface area (Å²) < 4.78 is 14.4. The molecular weight excluding hydrogens is 425 g/mol. The van der Waals surface area contributed by atoms with Crippen molar-refractivity contribution in [1.82, 2.24) is 0 Å². The molecule has 5 nitrogen and oxygen atoms in total. The maximum atomic E-state index is 13.7. The number of rotatable bonds is 5. The number of amides is 2. The molecule has 2 aromatic rings. The Morgan fingerprint density at radius 1 is 1.14 bits per heavy atom. The molecular formula is C21H21BrFN3O2. The van der Waals surface area contributed by atoms with Gasteiger partial charge >= 0.3 is 0 Å². The molecule has 146 valence electrons. The summed E-state index contributed by atoms with van der Waals surface area (Å²) in [6, 6.07) is 12.0. The average Bonchev–Trinajstić information content (AvgIpc) is 2.69. The number of nitrogens with one attached hydrogen (secondary N) is 1. The average molecular weight is 446 g/mol. The van der Waals surface area contributed by atoms with Crippen LogP contribution < -0.4 is 16.0 Å². The highest BCUT2D eigenvalue weighted by Gasteiger charge is 2.23. The topological polar surface area (TPSA) is 75.4 Å². The quantitative estimate of drug-likeness (QED) is 0.684. The minimum absolute atomic E-state index is 0.0447. The number of carbonyl (C=O) groups excluding carboxylic acids is 2. The fourth-order valence-corrected chi connectivity index (χ4v) is 3.55. The number of benzene rings is 2. The highest BCUT2D eigenvalue weighted by molar-refractivity contribution is 9.10. The number of nitrogens with zero attached hydrogens (tertiary/aromatic N) is 1. The van der Waals surface area contributed by atoms with Gasteiger partial charge in [-0.3, -0.25) is 9.59 Å². The van der Waals surface area contributed by atoms with Crippen molar-refractivity contribution in [3.05, 3.63) is 64.4 Å². The maximum Gasteiger partial charge on any atom is 0.248 e. The highest BCUT2D eigenvalue weighted by Crippen LogP contribution is 2.24. The van der Waals surface area contributed by atoms with Gasteiger partial charge in [0.25, 0.3) is 0 Å². The normalized spacial score (nSPS) is 15.0. The van der Waals surface area contributed by atoms with Gasteiger partial charge in [-0.2, -0.15) is 0 Å². The number of primary amides is 1. The zero-order valence-electron chi connectivity index (χ0n) is 15.2. The van der Waals surface area contributed by atoms with Gasteiger partial charge in [0.05, 0.1) is 0 Å². The molecule has 2 amide bonds. The Morgan fingerprint density at radius 2 is 1.82 bits per heavy atom. The predicted molar refractivity (Wildman–Crippen MR) is 112 cm³/mol. The van der Waals surface area contributed by atoms with Gasteiger partial charge < -0.3 is 16.0 Å². The van der Waals surface area contributed by atoms with E-state index in [1.807, 2.05) is 24.3 Å². The van der Waals surface area contributed by atoms with Gasteiger partial charge in [0.15, 0.2) is 0 Å². The minimum atomic E-state index is -0.392. The van der Waals surface area contributed by atoms with Crippen LogP contribution in [0.15, 0.2) is 53.0 Å². The van der Waals surface area contributed by atoms with Crippen LogP contribution in [0.4, 0.5) is 15.8 Å². The molecule has 0 radical (unpaired) electrons. The van der Waals surface area contributed by atoms with Gasteiger partial charge in [-0.05, 0) is 61.4 Å². The fourth-order valence-electron chi connectivity index (χ4n) is 3.17. The number of hydrogen-bond donors (Lipinski definition) is 2. The molecule has 0 saturated carbocycles. The molecule has 3 rings (SSSR count). The summed E-state index contributed by atoms with van der Waals surface area (Å²) in [4.78, 5) is 25.5. The van der Waals surface area contributed by atoms with Crippen molar-refractivity contribution in [3.8, 4) is 0 Å². The summed E-state index contributed by atoms with van der Waals surface area (Å²) >= 11 is 3.28. The molecule has 1 aliphatic rings. The number of piperidine rings is 1. The number of anilines is 2. The molecule has 1 heterocycles. The van der Waals surface area contributed by atoms with Crippen molar-refractivity contribution in [2.24, 2.45) is 11.7 Å². The van der Waals surface area contributed by atoms with E-state index < -0.39 is 5.82 Å². The van der Waals surface area contributed by atoms with Crippen molar-refractivity contribution < 1.29 is 14.0 Å². The van der Waals surface area contributed by atoms with E-state index in [2.05, 4.69) is 26.1 Å². The highest BCUT2D eigenvalue weighted by atomic mass is 79.9. The first-order valence-electron chi connectivity index (χ1n) is 9.01. The Kier molecular flexibility index (Phi) is 6.46. The Morgan fingerprint density at radius 3 is 2.46 bits per heavy atom. The Labute approximate surface area is 171 Å². The third-order valence-electron chi connectivity index (χ3n) is 4.77. The lowest BCUT2D eigenvalue weighted by molar-refractivity contribution is -0.122. The van der Waals surface area contributed by atoms with Crippen LogP contribution in [0.1, 0.15) is 18.4 Å². The minimum Gasteiger partial charge on any atom is -0.371 e. The molecule has 1 aliphatic heterocycles. The molecule has 28 heavy (non-hydrogen) atoms. The van der Waals surface area contributed by atoms with Crippen LogP contribution in [0.25, 0.3) is 6.08 Å². The van der Waals surface area contributed by atoms with Crippen molar-refractivity contribution in [3.63, 3.8) is 0 Å². The zero-order valence-corrected chi connectivity index (χ0v) is 16.8. The summed E-state index contributed by atoms with van der Waals surface area (Å²) in [6.07, 6.45) is 4.25. The molecule has 0 spiro atoms. The number of hydrogen-bond acceptors (Lipinski definition) is 3. The molecule has 0 unspecified atom stereocenters. The van der Waals surface area contributed by atoms with E-state index in [0.717, 1.165) is 36.1 Å². The molecule has 3 N–H and O–H groups in total. The van der Waals surface area contributed by atoms with E-state index in [1.54, 1.807) is 12.1 Å². The SMILES string of the molecule is NC(=O)C1CCN(c2ccc(NC(=O)/C=C\c3cc(Br)ccc3F)cc2)CC1. The number of nitrogens with two attached hydrogens (primary N) is 1. The van der Waals surface area contributed by atoms with Gasteiger partial charge in [0.2, 0.25) is 11.8 Å². The van der Waals surface area contributed by atoms with Crippen molar-refractivity contribution >= 4 is 45.2 Å². The molecule has 1 fully saturated rings. The van der Waals surface area contributed by atoms with Crippen molar-refractivity contribution in [2.45, 2.75) is 12.8 Å². The third kappa shape index (κ3) is 5.19. The van der Waals surface area contributed by atoms with E-state index in [-0.39, 0.29) is 17.7 Å². The fraction of sp³-hybridized carbons (Fsp3) is 0.238. The molecule has 7 heteroatoms. The molecule has 0 aromatic heterocycles. The predicted octanol–water partition coefficient (Wildman–Crippen LogP) is 3.94. The van der Waals surface area contributed by atoms with Gasteiger partial charge in [-0.15, -0.1) is 0 Å². The van der Waals surface area contributed by atoms with Gasteiger partial charge in [-0.25, -0.2) is 4.39 Å². The molecule has 2 aromatic carbocycles. The van der Waals surface area contributed by atoms with Crippen LogP contribution in [0.3, 0.4) is 0 Å². The maximum absolute atomic E-state index is 13.7. The van der Waals surface area contributed by atoms with Crippen LogP contribution in [0.5, 0.6) is 0 Å². The van der Waals surface area contributed by atoms with E-state index in [0.29, 0.717) is 11.3 Å². The van der Waals surface area contributed by atoms with E-state index in [1.165, 1.54) is 18.2 Å². The molecule has 0 atom stereocenters. The Hall–Kier alpha value is -2.67. The lowest BCUT2D eigenvalue weighted by atomic mass is 9.96. The smallest absolute Gasteiger partial charge is 0.248 e. The first-order valence-corrected chi connectivity index (χ1v) is 9.80. The van der Waals surface area contributed by atoms with Gasteiger partial charge in [0, 0.05) is 46.5 Å². The van der Waals surface area contributed by atoms with Crippen LogP contribution in [-0.2, 0) is 9.59 Å². The van der Waals surface area contributed by atoms with Gasteiger partial charge in [0.1, 0.15) is 5.82 Å². The number of halogens is 2. The summed E-state index contributed by atoms with van der Waals surface area (Å²) in [6.45, 7) is 1.56. The monoisotopic (exact) mass is 445 g/mol. The van der Waals surface area contributed by atoms with E-state index >= 15 is 0 Å². The van der Waals surface area contributed by atoms with Crippen LogP contribution in [-0.4, -0.2) is 24.9 Å². The van der Waals surface area contributed by atoms with E-state index in [4.69, 9.17) is 5.73 Å². The van der Waals surface area contributed by atoms with Crippen molar-refractivity contribution in [2.75, 3.05) is 23.3 Å². The van der Waals surface area contributed by atoms with Crippen LogP contribution in [0, 0.1) is 11.7 Å². The Balaban J connectivity index is 1.57.